The lowest BCUT2D eigenvalue weighted by molar-refractivity contribution is -0.385. The highest BCUT2D eigenvalue weighted by Crippen LogP contribution is 2.24. The van der Waals surface area contributed by atoms with Crippen molar-refractivity contribution in [3.8, 4) is 0 Å². The van der Waals surface area contributed by atoms with Crippen LogP contribution in [0.1, 0.15) is 27.2 Å². The number of halogens is 1. The summed E-state index contributed by atoms with van der Waals surface area (Å²) in [5.74, 6) is -0.456. The molecule has 8 heteroatoms. The molecule has 0 atom stereocenters. The molecule has 0 spiro atoms. The van der Waals surface area contributed by atoms with E-state index in [-0.39, 0.29) is 16.3 Å². The van der Waals surface area contributed by atoms with Crippen LogP contribution in [-0.4, -0.2) is 27.8 Å². The zero-order chi connectivity index (χ0) is 16.3. The fourth-order valence-corrected chi connectivity index (χ4v) is 2.99. The zero-order valence-corrected chi connectivity index (χ0v) is 13.6. The Hall–Kier alpha value is -1.99. The first-order valence-corrected chi connectivity index (χ1v) is 7.74. The number of carbonyl (C=O) groups is 1. The van der Waals surface area contributed by atoms with Crippen LogP contribution in [-0.2, 0) is 13.0 Å². The van der Waals surface area contributed by atoms with Gasteiger partial charge >= 0.3 is 0 Å². The normalized spacial score (nSPS) is 10.5. The van der Waals surface area contributed by atoms with E-state index >= 15 is 0 Å². The van der Waals surface area contributed by atoms with E-state index in [4.69, 9.17) is 11.6 Å². The van der Waals surface area contributed by atoms with Gasteiger partial charge < -0.3 is 4.90 Å². The summed E-state index contributed by atoms with van der Waals surface area (Å²) >= 11 is 7.37. The molecule has 22 heavy (non-hydrogen) atoms. The molecule has 116 valence electrons. The predicted molar refractivity (Wildman–Crippen MR) is 85.4 cm³/mol. The van der Waals surface area contributed by atoms with Crippen molar-refractivity contribution in [2.45, 2.75) is 19.9 Å². The Morgan fingerprint density at radius 3 is 2.82 bits per heavy atom. The quantitative estimate of drug-likeness (QED) is 0.616. The van der Waals surface area contributed by atoms with Crippen molar-refractivity contribution in [2.75, 3.05) is 7.05 Å². The Labute approximate surface area is 136 Å². The Kier molecular flexibility index (Phi) is 5.10. The maximum absolute atomic E-state index is 12.4. The monoisotopic (exact) mass is 339 g/mol. The van der Waals surface area contributed by atoms with Crippen LogP contribution in [0.25, 0.3) is 0 Å². The van der Waals surface area contributed by atoms with Crippen LogP contribution >= 0.6 is 22.9 Å². The van der Waals surface area contributed by atoms with Crippen molar-refractivity contribution in [3.63, 3.8) is 0 Å². The summed E-state index contributed by atoms with van der Waals surface area (Å²) in [5, 5.41) is 12.1. The second-order valence-electron chi connectivity index (χ2n) is 4.65. The lowest BCUT2D eigenvalue weighted by Gasteiger charge is -2.15. The summed E-state index contributed by atoms with van der Waals surface area (Å²) < 4.78 is 0. The van der Waals surface area contributed by atoms with Gasteiger partial charge in [-0.1, -0.05) is 18.5 Å². The summed E-state index contributed by atoms with van der Waals surface area (Å²) in [4.78, 5) is 29.7. The molecule has 0 N–H and O–H groups in total. The van der Waals surface area contributed by atoms with Crippen LogP contribution in [0.15, 0.2) is 24.4 Å². The third-order valence-electron chi connectivity index (χ3n) is 3.05. The number of rotatable bonds is 5. The standard InChI is InChI=1S/C14H14ClN3O3S/c1-3-10-7-16-13(22-10)8-17(2)14(19)11-6-9(15)4-5-12(11)18(20)21/h4-7H,3,8H2,1-2H3. The lowest BCUT2D eigenvalue weighted by atomic mass is 10.1. The maximum Gasteiger partial charge on any atom is 0.282 e. The third kappa shape index (κ3) is 3.61. The first-order chi connectivity index (χ1) is 10.4. The van der Waals surface area contributed by atoms with Crippen molar-refractivity contribution < 1.29 is 9.72 Å². The van der Waals surface area contributed by atoms with E-state index in [0.717, 1.165) is 16.3 Å². The fourth-order valence-electron chi connectivity index (χ4n) is 1.90. The van der Waals surface area contributed by atoms with Gasteiger partial charge in [0.15, 0.2) is 0 Å². The molecule has 0 aliphatic rings. The molecule has 0 saturated carbocycles. The summed E-state index contributed by atoms with van der Waals surface area (Å²) in [6.07, 6.45) is 2.66. The molecule has 0 radical (unpaired) electrons. The number of aromatic nitrogens is 1. The number of benzene rings is 1. The molecule has 2 aromatic rings. The molecule has 6 nitrogen and oxygen atoms in total. The summed E-state index contributed by atoms with van der Waals surface area (Å²) in [7, 11) is 1.58. The molecule has 2 rings (SSSR count). The Morgan fingerprint density at radius 1 is 1.50 bits per heavy atom. The van der Waals surface area contributed by atoms with Gasteiger partial charge in [0, 0.05) is 29.2 Å². The Morgan fingerprint density at radius 2 is 2.23 bits per heavy atom. The van der Waals surface area contributed by atoms with E-state index in [1.54, 1.807) is 13.2 Å². The number of hydrogen-bond donors (Lipinski definition) is 0. The summed E-state index contributed by atoms with van der Waals surface area (Å²) in [6.45, 7) is 2.33. The highest BCUT2D eigenvalue weighted by molar-refractivity contribution is 7.11. The van der Waals surface area contributed by atoms with Crippen molar-refractivity contribution in [3.05, 3.63) is 55.0 Å². The third-order valence-corrected chi connectivity index (χ3v) is 4.42. The van der Waals surface area contributed by atoms with E-state index in [9.17, 15) is 14.9 Å². The van der Waals surface area contributed by atoms with Gasteiger partial charge in [-0.25, -0.2) is 4.98 Å². The molecule has 1 aromatic carbocycles. The molecule has 0 aliphatic heterocycles. The molecule has 0 aliphatic carbocycles. The van der Waals surface area contributed by atoms with Gasteiger partial charge in [0.25, 0.3) is 11.6 Å². The average Bonchev–Trinajstić information content (AvgIpc) is 2.93. The molecule has 0 fully saturated rings. The highest BCUT2D eigenvalue weighted by atomic mass is 35.5. The van der Waals surface area contributed by atoms with Gasteiger partial charge in [0.2, 0.25) is 0 Å². The molecule has 1 heterocycles. The summed E-state index contributed by atoms with van der Waals surface area (Å²) in [5.41, 5.74) is -0.276. The second-order valence-corrected chi connectivity index (χ2v) is 6.29. The summed E-state index contributed by atoms with van der Waals surface area (Å²) in [6, 6.07) is 3.95. The predicted octanol–water partition coefficient (Wildman–Crippen LogP) is 3.54. The number of amides is 1. The van der Waals surface area contributed by atoms with Crippen LogP contribution < -0.4 is 0 Å². The van der Waals surface area contributed by atoms with Gasteiger partial charge in [0.1, 0.15) is 10.6 Å². The smallest absolute Gasteiger partial charge is 0.282 e. The number of hydrogen-bond acceptors (Lipinski definition) is 5. The Bertz CT molecular complexity index is 717. The van der Waals surface area contributed by atoms with E-state index in [1.165, 1.54) is 34.4 Å². The average molecular weight is 340 g/mol. The molecule has 1 amide bonds. The van der Waals surface area contributed by atoms with E-state index < -0.39 is 10.8 Å². The largest absolute Gasteiger partial charge is 0.335 e. The lowest BCUT2D eigenvalue weighted by Crippen LogP contribution is -2.26. The van der Waals surface area contributed by atoms with Crippen LogP contribution in [0.4, 0.5) is 5.69 Å². The minimum absolute atomic E-state index is 0.0210. The van der Waals surface area contributed by atoms with E-state index in [2.05, 4.69) is 4.98 Å². The molecule has 0 unspecified atom stereocenters. The van der Waals surface area contributed by atoms with Crippen LogP contribution in [0.2, 0.25) is 5.02 Å². The van der Waals surface area contributed by atoms with E-state index in [0.29, 0.717) is 6.54 Å². The van der Waals surface area contributed by atoms with Crippen molar-refractivity contribution in [1.29, 1.82) is 0 Å². The van der Waals surface area contributed by atoms with E-state index in [1.807, 2.05) is 6.92 Å². The molecule has 0 bridgehead atoms. The second kappa shape index (κ2) is 6.85. The molecule has 1 aromatic heterocycles. The molecular formula is C14H14ClN3O3S. The number of aryl methyl sites for hydroxylation is 1. The maximum atomic E-state index is 12.4. The van der Waals surface area contributed by atoms with Gasteiger partial charge in [-0.2, -0.15) is 0 Å². The van der Waals surface area contributed by atoms with Crippen LogP contribution in [0, 0.1) is 10.1 Å². The number of nitro groups is 1. The van der Waals surface area contributed by atoms with Crippen LogP contribution in [0.5, 0.6) is 0 Å². The zero-order valence-electron chi connectivity index (χ0n) is 12.1. The minimum atomic E-state index is -0.587. The van der Waals surface area contributed by atoms with Crippen molar-refractivity contribution in [1.82, 2.24) is 9.88 Å². The minimum Gasteiger partial charge on any atom is -0.335 e. The number of nitrogens with zero attached hydrogens (tertiary/aromatic N) is 3. The first-order valence-electron chi connectivity index (χ1n) is 6.55. The van der Waals surface area contributed by atoms with Gasteiger partial charge in [-0.05, 0) is 18.6 Å². The number of thiazole rings is 1. The fraction of sp³-hybridized carbons (Fsp3) is 0.286. The topological polar surface area (TPSA) is 76.3 Å². The van der Waals surface area contributed by atoms with Crippen LogP contribution in [0.3, 0.4) is 0 Å². The van der Waals surface area contributed by atoms with Gasteiger partial charge in [0.05, 0.1) is 11.5 Å². The van der Waals surface area contributed by atoms with Gasteiger partial charge in [-0.3, -0.25) is 14.9 Å². The first kappa shape index (κ1) is 16.4. The Balaban J connectivity index is 2.23. The van der Waals surface area contributed by atoms with Crippen molar-refractivity contribution >= 4 is 34.5 Å². The molecular weight excluding hydrogens is 326 g/mol. The number of nitro benzene ring substituents is 1. The van der Waals surface area contributed by atoms with Gasteiger partial charge in [-0.15, -0.1) is 11.3 Å². The molecule has 0 saturated heterocycles. The van der Waals surface area contributed by atoms with Crippen molar-refractivity contribution in [2.24, 2.45) is 0 Å². The number of carbonyl (C=O) groups excluding carboxylic acids is 1. The SMILES string of the molecule is CCc1cnc(CN(C)C(=O)c2cc(Cl)ccc2[N+](=O)[O-])s1. The highest BCUT2D eigenvalue weighted by Gasteiger charge is 2.23.